The monoisotopic (exact) mass is 272 g/mol. The lowest BCUT2D eigenvalue weighted by Gasteiger charge is -2.21. The molecule has 0 amide bonds. The highest BCUT2D eigenvalue weighted by Crippen LogP contribution is 2.29. The summed E-state index contributed by atoms with van der Waals surface area (Å²) in [4.78, 5) is 2.59. The molecule has 110 valence electrons. The van der Waals surface area contributed by atoms with E-state index in [1.54, 1.807) is 0 Å². The van der Waals surface area contributed by atoms with Crippen molar-refractivity contribution < 1.29 is 0 Å². The Kier molecular flexibility index (Phi) is 4.30. The van der Waals surface area contributed by atoms with E-state index in [2.05, 4.69) is 42.3 Å². The van der Waals surface area contributed by atoms with Crippen LogP contribution in [-0.4, -0.2) is 19.1 Å². The SMILES string of the molecule is CCCC1CCN(c2ccc(CNC3CC3)cc2C)C1. The average molecular weight is 272 g/mol. The Morgan fingerprint density at radius 1 is 1.25 bits per heavy atom. The van der Waals surface area contributed by atoms with E-state index in [1.165, 1.54) is 62.0 Å². The number of nitrogens with zero attached hydrogens (tertiary/aromatic N) is 1. The van der Waals surface area contributed by atoms with Crippen LogP contribution in [0.5, 0.6) is 0 Å². The lowest BCUT2D eigenvalue weighted by molar-refractivity contribution is 0.530. The van der Waals surface area contributed by atoms with Gasteiger partial charge in [0.05, 0.1) is 0 Å². The Hall–Kier alpha value is -1.02. The molecule has 0 bridgehead atoms. The summed E-state index contributed by atoms with van der Waals surface area (Å²) in [5.74, 6) is 0.913. The van der Waals surface area contributed by atoms with Crippen molar-refractivity contribution in [3.05, 3.63) is 29.3 Å². The Morgan fingerprint density at radius 2 is 2.10 bits per heavy atom. The molecule has 0 radical (unpaired) electrons. The van der Waals surface area contributed by atoms with Crippen LogP contribution in [0.3, 0.4) is 0 Å². The number of rotatable bonds is 6. The molecule has 0 spiro atoms. The van der Waals surface area contributed by atoms with Gasteiger partial charge in [0.1, 0.15) is 0 Å². The highest BCUT2D eigenvalue weighted by atomic mass is 15.2. The van der Waals surface area contributed by atoms with Gasteiger partial charge in [0.15, 0.2) is 0 Å². The van der Waals surface area contributed by atoms with Crippen LogP contribution in [0.1, 0.15) is 50.2 Å². The second-order valence-electron chi connectivity index (χ2n) is 6.67. The number of anilines is 1. The van der Waals surface area contributed by atoms with Crippen LogP contribution in [0.25, 0.3) is 0 Å². The molecule has 1 saturated carbocycles. The molecule has 3 rings (SSSR count). The second kappa shape index (κ2) is 6.17. The van der Waals surface area contributed by atoms with Crippen molar-refractivity contribution in [1.82, 2.24) is 5.32 Å². The average Bonchev–Trinajstić information content (AvgIpc) is 3.16. The molecule has 0 aromatic heterocycles. The van der Waals surface area contributed by atoms with Gasteiger partial charge in [-0.15, -0.1) is 0 Å². The van der Waals surface area contributed by atoms with Crippen LogP contribution in [0, 0.1) is 12.8 Å². The molecule has 1 N–H and O–H groups in total. The van der Waals surface area contributed by atoms with Crippen LogP contribution < -0.4 is 10.2 Å². The lowest BCUT2D eigenvalue weighted by atomic mass is 10.0. The number of benzene rings is 1. The molecule has 1 saturated heterocycles. The summed E-state index contributed by atoms with van der Waals surface area (Å²) in [7, 11) is 0. The summed E-state index contributed by atoms with van der Waals surface area (Å²) >= 11 is 0. The van der Waals surface area contributed by atoms with Crippen LogP contribution >= 0.6 is 0 Å². The molecular weight excluding hydrogens is 244 g/mol. The van der Waals surface area contributed by atoms with E-state index in [-0.39, 0.29) is 0 Å². The van der Waals surface area contributed by atoms with Gasteiger partial charge in [-0.25, -0.2) is 0 Å². The maximum atomic E-state index is 3.60. The van der Waals surface area contributed by atoms with Gasteiger partial charge in [-0.05, 0) is 55.7 Å². The predicted octanol–water partition coefficient (Wildman–Crippen LogP) is 3.87. The fraction of sp³-hybridized carbons (Fsp3) is 0.667. The molecular formula is C18H28N2. The minimum Gasteiger partial charge on any atom is -0.371 e. The number of hydrogen-bond acceptors (Lipinski definition) is 2. The number of hydrogen-bond donors (Lipinski definition) is 1. The number of aryl methyl sites for hydroxylation is 1. The molecule has 20 heavy (non-hydrogen) atoms. The van der Waals surface area contributed by atoms with E-state index in [1.807, 2.05) is 0 Å². The molecule has 2 aliphatic rings. The molecule has 2 nitrogen and oxygen atoms in total. The molecule has 1 heterocycles. The molecule has 2 heteroatoms. The normalized spacial score (nSPS) is 22.5. The van der Waals surface area contributed by atoms with Gasteiger partial charge in [0, 0.05) is 31.4 Å². The van der Waals surface area contributed by atoms with E-state index >= 15 is 0 Å². The van der Waals surface area contributed by atoms with Crippen molar-refractivity contribution in [2.45, 2.75) is 58.5 Å². The van der Waals surface area contributed by atoms with Gasteiger partial charge < -0.3 is 10.2 Å². The van der Waals surface area contributed by atoms with E-state index in [9.17, 15) is 0 Å². The molecule has 1 unspecified atom stereocenters. The van der Waals surface area contributed by atoms with Crippen LogP contribution in [0.4, 0.5) is 5.69 Å². The van der Waals surface area contributed by atoms with Crippen molar-refractivity contribution in [1.29, 1.82) is 0 Å². The van der Waals surface area contributed by atoms with E-state index in [0.717, 1.165) is 18.5 Å². The zero-order valence-electron chi connectivity index (χ0n) is 13.0. The molecule has 2 fully saturated rings. The zero-order valence-corrected chi connectivity index (χ0v) is 13.0. The first-order valence-corrected chi connectivity index (χ1v) is 8.34. The van der Waals surface area contributed by atoms with Crippen LogP contribution in [-0.2, 0) is 6.54 Å². The van der Waals surface area contributed by atoms with Crippen molar-refractivity contribution in [3.63, 3.8) is 0 Å². The van der Waals surface area contributed by atoms with Gasteiger partial charge in [0.2, 0.25) is 0 Å². The van der Waals surface area contributed by atoms with E-state index in [4.69, 9.17) is 0 Å². The fourth-order valence-electron chi connectivity index (χ4n) is 3.43. The quantitative estimate of drug-likeness (QED) is 0.845. The van der Waals surface area contributed by atoms with Gasteiger partial charge in [-0.3, -0.25) is 0 Å². The summed E-state index contributed by atoms with van der Waals surface area (Å²) in [6.07, 6.45) is 6.81. The lowest BCUT2D eigenvalue weighted by Crippen LogP contribution is -2.21. The first kappa shape index (κ1) is 13.9. The smallest absolute Gasteiger partial charge is 0.0396 e. The highest BCUT2D eigenvalue weighted by molar-refractivity contribution is 5.55. The van der Waals surface area contributed by atoms with Crippen LogP contribution in [0.2, 0.25) is 0 Å². The summed E-state index contributed by atoms with van der Waals surface area (Å²) in [5, 5.41) is 3.60. The summed E-state index contributed by atoms with van der Waals surface area (Å²) in [5.41, 5.74) is 4.33. The minimum absolute atomic E-state index is 0.795. The first-order valence-electron chi connectivity index (χ1n) is 8.34. The van der Waals surface area contributed by atoms with Crippen LogP contribution in [0.15, 0.2) is 18.2 Å². The number of nitrogens with one attached hydrogen (secondary N) is 1. The Balaban J connectivity index is 1.61. The Labute approximate surface area is 123 Å². The zero-order chi connectivity index (χ0) is 13.9. The van der Waals surface area contributed by atoms with Gasteiger partial charge >= 0.3 is 0 Å². The van der Waals surface area contributed by atoms with Crippen molar-refractivity contribution in [2.75, 3.05) is 18.0 Å². The Morgan fingerprint density at radius 3 is 2.80 bits per heavy atom. The van der Waals surface area contributed by atoms with Gasteiger partial charge in [-0.1, -0.05) is 25.5 Å². The third-order valence-electron chi connectivity index (χ3n) is 4.76. The van der Waals surface area contributed by atoms with Gasteiger partial charge in [-0.2, -0.15) is 0 Å². The molecule has 1 aliphatic heterocycles. The standard InChI is InChI=1S/C18H28N2/c1-3-4-15-9-10-20(13-15)18-8-5-16(11-14(18)2)12-19-17-6-7-17/h5,8,11,15,17,19H,3-4,6-7,9-10,12-13H2,1-2H3. The van der Waals surface area contributed by atoms with Crippen molar-refractivity contribution in [3.8, 4) is 0 Å². The summed E-state index contributed by atoms with van der Waals surface area (Å²) < 4.78 is 0. The van der Waals surface area contributed by atoms with E-state index < -0.39 is 0 Å². The maximum absolute atomic E-state index is 3.60. The highest BCUT2D eigenvalue weighted by Gasteiger charge is 2.23. The predicted molar refractivity (Wildman–Crippen MR) is 86.3 cm³/mol. The summed E-state index contributed by atoms with van der Waals surface area (Å²) in [6, 6.07) is 7.82. The van der Waals surface area contributed by atoms with Gasteiger partial charge in [0.25, 0.3) is 0 Å². The van der Waals surface area contributed by atoms with E-state index in [0.29, 0.717) is 0 Å². The largest absolute Gasteiger partial charge is 0.371 e. The third kappa shape index (κ3) is 3.35. The first-order chi connectivity index (χ1) is 9.76. The molecule has 1 atom stereocenters. The second-order valence-corrected chi connectivity index (χ2v) is 6.67. The minimum atomic E-state index is 0.795. The molecule has 1 aliphatic carbocycles. The van der Waals surface area contributed by atoms with Crippen molar-refractivity contribution in [2.24, 2.45) is 5.92 Å². The third-order valence-corrected chi connectivity index (χ3v) is 4.76. The Bertz CT molecular complexity index is 451. The fourth-order valence-corrected chi connectivity index (χ4v) is 3.43. The van der Waals surface area contributed by atoms with Crippen molar-refractivity contribution >= 4 is 5.69 Å². The molecule has 1 aromatic rings. The molecule has 1 aromatic carbocycles. The topological polar surface area (TPSA) is 15.3 Å². The maximum Gasteiger partial charge on any atom is 0.0396 e. The summed E-state index contributed by atoms with van der Waals surface area (Å²) in [6.45, 7) is 8.10.